The Morgan fingerprint density at radius 2 is 1.29 bits per heavy atom. The van der Waals surface area contributed by atoms with E-state index < -0.39 is 0 Å². The minimum Gasteiger partial charge on any atom is -0.462 e. The number of ether oxygens (including phenoxy) is 2. The molecule has 2 aliphatic rings. The molecule has 1 fully saturated rings. The average Bonchev–Trinajstić information content (AvgIpc) is 3.59. The summed E-state index contributed by atoms with van der Waals surface area (Å²) in [5.41, 5.74) is 0. The van der Waals surface area contributed by atoms with E-state index in [-0.39, 0.29) is 12.1 Å². The number of hydrogen-bond donors (Lipinski definition) is 0. The van der Waals surface area contributed by atoms with Crippen LogP contribution in [0.25, 0.3) is 0 Å². The molecule has 1 saturated heterocycles. The van der Waals surface area contributed by atoms with Gasteiger partial charge in [0, 0.05) is 38.5 Å². The maximum Gasteiger partial charge on any atom is 0.306 e. The summed E-state index contributed by atoms with van der Waals surface area (Å²) < 4.78 is 12.3. The van der Waals surface area contributed by atoms with Crippen LogP contribution in [-0.2, 0) is 23.9 Å². The molecule has 0 amide bonds. The van der Waals surface area contributed by atoms with Crippen molar-refractivity contribution in [1.29, 1.82) is 0 Å². The largest absolute Gasteiger partial charge is 0.462 e. The molecule has 336 valence electrons. The normalized spacial score (nSPS) is 18.9. The molecule has 0 radical (unpaired) electrons. The number of carbonyl (C=O) groups is 3. The number of ketones is 2. The molecule has 0 bridgehead atoms. The summed E-state index contributed by atoms with van der Waals surface area (Å²) >= 11 is 0. The molecule has 3 atom stereocenters. The van der Waals surface area contributed by atoms with Gasteiger partial charge in [0.25, 0.3) is 0 Å². The van der Waals surface area contributed by atoms with Crippen molar-refractivity contribution in [2.75, 3.05) is 26.3 Å². The van der Waals surface area contributed by atoms with Gasteiger partial charge in [0.2, 0.25) is 0 Å². The summed E-state index contributed by atoms with van der Waals surface area (Å²) in [5, 5.41) is 0. The maximum absolute atomic E-state index is 12.9. The molecule has 6 heteroatoms. The van der Waals surface area contributed by atoms with Crippen molar-refractivity contribution in [3.63, 3.8) is 0 Å². The number of allylic oxidation sites excluding steroid dienone is 3. The molecule has 0 aromatic rings. The van der Waals surface area contributed by atoms with Crippen molar-refractivity contribution in [3.05, 3.63) is 24.3 Å². The summed E-state index contributed by atoms with van der Waals surface area (Å²) in [7, 11) is 0. The van der Waals surface area contributed by atoms with Gasteiger partial charge in [0.1, 0.15) is 11.9 Å². The molecule has 0 aromatic heterocycles. The lowest BCUT2D eigenvalue weighted by atomic mass is 9.89. The van der Waals surface area contributed by atoms with Gasteiger partial charge in [0.05, 0.1) is 6.61 Å². The van der Waals surface area contributed by atoms with Crippen molar-refractivity contribution in [2.45, 2.75) is 251 Å². The summed E-state index contributed by atoms with van der Waals surface area (Å²) in [6.07, 6.45) is 47.5. The molecule has 6 nitrogen and oxygen atoms in total. The van der Waals surface area contributed by atoms with Gasteiger partial charge in [-0.05, 0) is 121 Å². The van der Waals surface area contributed by atoms with E-state index in [1.807, 2.05) is 6.08 Å². The molecule has 1 unspecified atom stereocenters. The number of esters is 1. The number of rotatable bonds is 38. The molecule has 1 aliphatic heterocycles. The van der Waals surface area contributed by atoms with Crippen LogP contribution in [-0.4, -0.2) is 60.9 Å². The predicted octanol–water partition coefficient (Wildman–Crippen LogP) is 14.4. The minimum atomic E-state index is 0.0138. The first-order valence-corrected chi connectivity index (χ1v) is 25.3. The second-order valence-electron chi connectivity index (χ2n) is 18.4. The standard InChI is InChI=1S/C52H93NO5/c1-4-6-8-10-18-26-34-51(35-27-19-11-9-7-5-2)58-52(56)36-28-20-14-22-30-42-57-45-49-43-48(44-53(49)41-29-21-13-15-23-31-46(3)54)38-40-50(55)39-37-47-32-24-16-12-17-25-33-47/h12,16,38,40,47-49,51H,4-11,13-15,17-37,39,41-45H2,1-3H3/t47?,48-,49-/m0/s1. The zero-order valence-corrected chi connectivity index (χ0v) is 38.5. The summed E-state index contributed by atoms with van der Waals surface area (Å²) in [6, 6.07) is 0.405. The topological polar surface area (TPSA) is 72.9 Å². The van der Waals surface area contributed by atoms with E-state index >= 15 is 0 Å². The van der Waals surface area contributed by atoms with Crippen LogP contribution >= 0.6 is 0 Å². The van der Waals surface area contributed by atoms with E-state index in [0.717, 1.165) is 103 Å². The van der Waals surface area contributed by atoms with Gasteiger partial charge in [0.15, 0.2) is 5.78 Å². The fourth-order valence-electron chi connectivity index (χ4n) is 9.06. The predicted molar refractivity (Wildman–Crippen MR) is 245 cm³/mol. The Bertz CT molecular complexity index is 1050. The van der Waals surface area contributed by atoms with E-state index in [2.05, 4.69) is 37.0 Å². The molecule has 1 aliphatic carbocycles. The van der Waals surface area contributed by atoms with Crippen LogP contribution in [0.3, 0.4) is 0 Å². The van der Waals surface area contributed by atoms with E-state index in [4.69, 9.17) is 9.47 Å². The SMILES string of the molecule is CCCCCCCCC(CCCCCCCC)OC(=O)CCCCCCCOC[C@@H]1C[C@H](C=CC(=O)CCC2CCC=CCCC2)CN1CCCCCCCC(C)=O. The van der Waals surface area contributed by atoms with Gasteiger partial charge < -0.3 is 14.3 Å². The van der Waals surface area contributed by atoms with Crippen molar-refractivity contribution in [3.8, 4) is 0 Å². The Morgan fingerprint density at radius 3 is 1.98 bits per heavy atom. The Kier molecular flexibility index (Phi) is 33.4. The Labute approximate surface area is 358 Å². The highest BCUT2D eigenvalue weighted by Gasteiger charge is 2.30. The quantitative estimate of drug-likeness (QED) is 0.0268. The molecular weight excluding hydrogens is 719 g/mol. The summed E-state index contributed by atoms with van der Waals surface area (Å²) in [6.45, 7) is 9.86. The average molecular weight is 812 g/mol. The van der Waals surface area contributed by atoms with Crippen LogP contribution in [0.2, 0.25) is 0 Å². The van der Waals surface area contributed by atoms with Gasteiger partial charge >= 0.3 is 5.97 Å². The van der Waals surface area contributed by atoms with E-state index in [1.165, 1.54) is 122 Å². The van der Waals surface area contributed by atoms with Gasteiger partial charge in [-0.15, -0.1) is 0 Å². The highest BCUT2D eigenvalue weighted by atomic mass is 16.5. The van der Waals surface area contributed by atoms with Crippen molar-refractivity contribution in [2.24, 2.45) is 11.8 Å². The van der Waals surface area contributed by atoms with Crippen LogP contribution < -0.4 is 0 Å². The van der Waals surface area contributed by atoms with Crippen LogP contribution in [0.15, 0.2) is 24.3 Å². The number of Topliss-reactive ketones (excluding diaryl/α,β-unsaturated/α-hetero) is 1. The van der Waals surface area contributed by atoms with Crippen LogP contribution in [0, 0.1) is 11.8 Å². The Morgan fingerprint density at radius 1 is 0.690 bits per heavy atom. The third-order valence-corrected chi connectivity index (χ3v) is 12.8. The van der Waals surface area contributed by atoms with Gasteiger partial charge in [-0.1, -0.05) is 141 Å². The van der Waals surface area contributed by atoms with E-state index in [1.54, 1.807) is 6.92 Å². The summed E-state index contributed by atoms with van der Waals surface area (Å²) in [4.78, 5) is 39.6. The van der Waals surface area contributed by atoms with Crippen LogP contribution in [0.5, 0.6) is 0 Å². The number of carbonyl (C=O) groups excluding carboxylic acids is 3. The highest BCUT2D eigenvalue weighted by Crippen LogP contribution is 2.27. The molecule has 1 heterocycles. The molecule has 0 spiro atoms. The monoisotopic (exact) mass is 812 g/mol. The third-order valence-electron chi connectivity index (χ3n) is 12.8. The Balaban J connectivity index is 1.67. The third kappa shape index (κ3) is 29.4. The molecule has 58 heavy (non-hydrogen) atoms. The molecular formula is C52H93NO5. The van der Waals surface area contributed by atoms with Crippen molar-refractivity contribution >= 4 is 17.5 Å². The number of likely N-dealkylation sites (tertiary alicyclic amines) is 1. The fourth-order valence-corrected chi connectivity index (χ4v) is 9.06. The van der Waals surface area contributed by atoms with Crippen LogP contribution in [0.4, 0.5) is 0 Å². The number of hydrogen-bond acceptors (Lipinski definition) is 6. The molecule has 0 aromatic carbocycles. The second kappa shape index (κ2) is 37.0. The molecule has 0 saturated carbocycles. The lowest BCUT2D eigenvalue weighted by Crippen LogP contribution is -2.34. The zero-order valence-electron chi connectivity index (χ0n) is 38.5. The summed E-state index contributed by atoms with van der Waals surface area (Å²) in [5.74, 6) is 1.71. The van der Waals surface area contributed by atoms with Crippen LogP contribution in [0.1, 0.15) is 239 Å². The first-order valence-electron chi connectivity index (χ1n) is 25.3. The van der Waals surface area contributed by atoms with Gasteiger partial charge in [-0.3, -0.25) is 14.5 Å². The second-order valence-corrected chi connectivity index (χ2v) is 18.4. The lowest BCUT2D eigenvalue weighted by Gasteiger charge is -2.24. The highest BCUT2D eigenvalue weighted by molar-refractivity contribution is 5.89. The van der Waals surface area contributed by atoms with Gasteiger partial charge in [-0.25, -0.2) is 0 Å². The lowest BCUT2D eigenvalue weighted by molar-refractivity contribution is -0.150. The first kappa shape index (κ1) is 52.3. The Hall–Kier alpha value is -1.79. The maximum atomic E-state index is 12.9. The number of unbranched alkanes of at least 4 members (excludes halogenated alkanes) is 18. The first-order chi connectivity index (χ1) is 28.4. The van der Waals surface area contributed by atoms with Gasteiger partial charge in [-0.2, -0.15) is 0 Å². The molecule has 0 N–H and O–H groups in total. The van der Waals surface area contributed by atoms with Crippen molar-refractivity contribution in [1.82, 2.24) is 4.90 Å². The smallest absolute Gasteiger partial charge is 0.306 e. The van der Waals surface area contributed by atoms with E-state index in [9.17, 15) is 14.4 Å². The fraction of sp³-hybridized carbons (Fsp3) is 0.865. The molecule has 2 rings (SSSR count). The minimum absolute atomic E-state index is 0.0138. The number of nitrogens with zero attached hydrogens (tertiary/aromatic N) is 1. The zero-order chi connectivity index (χ0) is 41.7. The van der Waals surface area contributed by atoms with E-state index in [0.29, 0.717) is 48.7 Å². The van der Waals surface area contributed by atoms with Crippen molar-refractivity contribution < 1.29 is 23.9 Å².